The standard InChI is InChI=1S/C14H23N3O/c1-10(11-6-7-11)12-16-13(17-18-12)14(15)8-4-2-3-5-9-14/h10-11H,2-9,15H2,1H3. The maximum Gasteiger partial charge on any atom is 0.229 e. The fourth-order valence-corrected chi connectivity index (χ4v) is 3.00. The topological polar surface area (TPSA) is 64.9 Å². The zero-order chi connectivity index (χ0) is 12.6. The lowest BCUT2D eigenvalue weighted by Crippen LogP contribution is -2.37. The maximum absolute atomic E-state index is 6.50. The van der Waals surface area contributed by atoms with Gasteiger partial charge in [0.05, 0.1) is 5.54 Å². The van der Waals surface area contributed by atoms with E-state index in [-0.39, 0.29) is 5.54 Å². The highest BCUT2D eigenvalue weighted by atomic mass is 16.5. The Bertz CT molecular complexity index is 403. The summed E-state index contributed by atoms with van der Waals surface area (Å²) in [5.41, 5.74) is 6.15. The van der Waals surface area contributed by atoms with Crippen LogP contribution in [0.2, 0.25) is 0 Å². The van der Waals surface area contributed by atoms with Crippen LogP contribution in [0.15, 0.2) is 4.52 Å². The molecule has 2 aliphatic carbocycles. The van der Waals surface area contributed by atoms with Crippen molar-refractivity contribution in [2.45, 2.75) is 69.7 Å². The van der Waals surface area contributed by atoms with Gasteiger partial charge in [0.25, 0.3) is 0 Å². The van der Waals surface area contributed by atoms with Gasteiger partial charge in [-0.3, -0.25) is 0 Å². The fourth-order valence-electron chi connectivity index (χ4n) is 3.00. The monoisotopic (exact) mass is 249 g/mol. The van der Waals surface area contributed by atoms with Crippen LogP contribution in [0.25, 0.3) is 0 Å². The molecule has 1 unspecified atom stereocenters. The molecule has 4 nitrogen and oxygen atoms in total. The molecule has 1 heterocycles. The molecule has 2 fully saturated rings. The Balaban J connectivity index is 1.78. The molecular formula is C14H23N3O. The van der Waals surface area contributed by atoms with Crippen molar-refractivity contribution in [1.82, 2.24) is 10.1 Å². The molecule has 0 spiro atoms. The van der Waals surface area contributed by atoms with Crippen LogP contribution < -0.4 is 5.73 Å². The molecule has 18 heavy (non-hydrogen) atoms. The Hall–Kier alpha value is -0.900. The molecule has 0 saturated heterocycles. The van der Waals surface area contributed by atoms with Crippen molar-refractivity contribution >= 4 is 0 Å². The average Bonchev–Trinajstić information content (AvgIpc) is 3.13. The summed E-state index contributed by atoms with van der Waals surface area (Å²) in [5, 5.41) is 4.17. The normalized spacial score (nSPS) is 25.7. The smallest absolute Gasteiger partial charge is 0.229 e. The van der Waals surface area contributed by atoms with Crippen LogP contribution in [-0.4, -0.2) is 10.1 Å². The number of nitrogens with zero attached hydrogens (tertiary/aromatic N) is 2. The first kappa shape index (κ1) is 12.2. The number of hydrogen-bond donors (Lipinski definition) is 1. The van der Waals surface area contributed by atoms with E-state index in [0.717, 1.165) is 30.5 Å². The van der Waals surface area contributed by atoms with Crippen molar-refractivity contribution in [3.05, 3.63) is 11.7 Å². The van der Waals surface area contributed by atoms with Crippen LogP contribution in [-0.2, 0) is 5.54 Å². The van der Waals surface area contributed by atoms with Gasteiger partial charge in [-0.25, -0.2) is 0 Å². The summed E-state index contributed by atoms with van der Waals surface area (Å²) in [6, 6.07) is 0. The van der Waals surface area contributed by atoms with E-state index in [1.54, 1.807) is 0 Å². The molecule has 0 aromatic carbocycles. The zero-order valence-corrected chi connectivity index (χ0v) is 11.2. The first-order valence-corrected chi connectivity index (χ1v) is 7.32. The lowest BCUT2D eigenvalue weighted by molar-refractivity contribution is 0.315. The third kappa shape index (κ3) is 2.30. The second kappa shape index (κ2) is 4.65. The van der Waals surface area contributed by atoms with E-state index in [9.17, 15) is 0 Å². The van der Waals surface area contributed by atoms with Gasteiger partial charge >= 0.3 is 0 Å². The van der Waals surface area contributed by atoms with E-state index in [4.69, 9.17) is 10.3 Å². The second-order valence-corrected chi connectivity index (χ2v) is 6.15. The van der Waals surface area contributed by atoms with Gasteiger partial charge in [-0.1, -0.05) is 37.8 Å². The summed E-state index contributed by atoms with van der Waals surface area (Å²) in [4.78, 5) is 4.61. The molecule has 2 aliphatic rings. The highest BCUT2D eigenvalue weighted by Gasteiger charge is 2.36. The summed E-state index contributed by atoms with van der Waals surface area (Å²) < 4.78 is 5.45. The number of aromatic nitrogens is 2. The molecule has 1 aromatic rings. The lowest BCUT2D eigenvalue weighted by Gasteiger charge is -2.23. The molecular weight excluding hydrogens is 226 g/mol. The fraction of sp³-hybridized carbons (Fsp3) is 0.857. The van der Waals surface area contributed by atoms with E-state index in [1.807, 2.05) is 0 Å². The van der Waals surface area contributed by atoms with Crippen molar-refractivity contribution in [2.75, 3.05) is 0 Å². The van der Waals surface area contributed by atoms with Crippen LogP contribution in [0.5, 0.6) is 0 Å². The molecule has 0 amide bonds. The van der Waals surface area contributed by atoms with Crippen molar-refractivity contribution in [1.29, 1.82) is 0 Å². The molecule has 2 N–H and O–H groups in total. The van der Waals surface area contributed by atoms with Gasteiger partial charge in [0, 0.05) is 5.92 Å². The molecule has 100 valence electrons. The Kier molecular flexibility index (Phi) is 3.14. The predicted octanol–water partition coefficient (Wildman–Crippen LogP) is 3.09. The van der Waals surface area contributed by atoms with Crippen molar-refractivity contribution in [2.24, 2.45) is 11.7 Å². The lowest BCUT2D eigenvalue weighted by atomic mass is 9.91. The zero-order valence-electron chi connectivity index (χ0n) is 11.2. The van der Waals surface area contributed by atoms with Gasteiger partial charge in [0.2, 0.25) is 5.89 Å². The SMILES string of the molecule is CC(c1nc(C2(N)CCCCCC2)no1)C1CC1. The van der Waals surface area contributed by atoms with E-state index in [1.165, 1.54) is 38.5 Å². The summed E-state index contributed by atoms with van der Waals surface area (Å²) in [6.45, 7) is 2.19. The third-order valence-electron chi connectivity index (χ3n) is 4.60. The Morgan fingerprint density at radius 3 is 2.50 bits per heavy atom. The first-order valence-electron chi connectivity index (χ1n) is 7.32. The molecule has 0 aliphatic heterocycles. The third-order valence-corrected chi connectivity index (χ3v) is 4.60. The van der Waals surface area contributed by atoms with Crippen LogP contribution in [0, 0.1) is 5.92 Å². The van der Waals surface area contributed by atoms with Gasteiger partial charge in [-0.05, 0) is 31.6 Å². The van der Waals surface area contributed by atoms with Gasteiger partial charge in [-0.2, -0.15) is 4.98 Å². The first-order chi connectivity index (χ1) is 8.69. The highest BCUT2D eigenvalue weighted by Crippen LogP contribution is 2.42. The van der Waals surface area contributed by atoms with Crippen LogP contribution in [0.3, 0.4) is 0 Å². The summed E-state index contributed by atoms with van der Waals surface area (Å²) in [7, 11) is 0. The highest BCUT2D eigenvalue weighted by molar-refractivity contribution is 5.07. The summed E-state index contributed by atoms with van der Waals surface area (Å²) in [5.74, 6) is 2.69. The molecule has 1 atom stereocenters. The molecule has 0 radical (unpaired) electrons. The Morgan fingerprint density at radius 1 is 1.22 bits per heavy atom. The summed E-state index contributed by atoms with van der Waals surface area (Å²) >= 11 is 0. The largest absolute Gasteiger partial charge is 0.339 e. The summed E-state index contributed by atoms with van der Waals surface area (Å²) in [6.07, 6.45) is 9.49. The Labute approximate surface area is 108 Å². The van der Waals surface area contributed by atoms with E-state index in [2.05, 4.69) is 17.1 Å². The molecule has 3 rings (SSSR count). The Morgan fingerprint density at radius 2 is 1.89 bits per heavy atom. The minimum absolute atomic E-state index is 0.346. The van der Waals surface area contributed by atoms with Gasteiger partial charge in [0.15, 0.2) is 5.82 Å². The van der Waals surface area contributed by atoms with Gasteiger partial charge in [-0.15, -0.1) is 0 Å². The van der Waals surface area contributed by atoms with Crippen LogP contribution >= 0.6 is 0 Å². The number of rotatable bonds is 3. The van der Waals surface area contributed by atoms with Crippen molar-refractivity contribution in [3.8, 4) is 0 Å². The van der Waals surface area contributed by atoms with E-state index >= 15 is 0 Å². The van der Waals surface area contributed by atoms with Crippen LogP contribution in [0.1, 0.15) is 75.9 Å². The van der Waals surface area contributed by atoms with Crippen molar-refractivity contribution in [3.63, 3.8) is 0 Å². The number of hydrogen-bond acceptors (Lipinski definition) is 4. The maximum atomic E-state index is 6.50. The van der Waals surface area contributed by atoms with Gasteiger partial charge < -0.3 is 10.3 Å². The van der Waals surface area contributed by atoms with Crippen LogP contribution in [0.4, 0.5) is 0 Å². The quantitative estimate of drug-likeness (QED) is 0.836. The second-order valence-electron chi connectivity index (χ2n) is 6.15. The average molecular weight is 249 g/mol. The molecule has 2 saturated carbocycles. The molecule has 4 heteroatoms. The van der Waals surface area contributed by atoms with E-state index < -0.39 is 0 Å². The predicted molar refractivity (Wildman–Crippen MR) is 69.0 cm³/mol. The minimum Gasteiger partial charge on any atom is -0.339 e. The van der Waals surface area contributed by atoms with Gasteiger partial charge in [0.1, 0.15) is 0 Å². The molecule has 0 bridgehead atoms. The van der Waals surface area contributed by atoms with Crippen molar-refractivity contribution < 1.29 is 4.52 Å². The molecule has 1 aromatic heterocycles. The number of nitrogens with two attached hydrogens (primary N) is 1. The minimum atomic E-state index is -0.346. The van der Waals surface area contributed by atoms with E-state index in [0.29, 0.717) is 5.92 Å².